The number of anilines is 1. The highest BCUT2D eigenvalue weighted by molar-refractivity contribution is 5.92. The summed E-state index contributed by atoms with van der Waals surface area (Å²) < 4.78 is 8.69. The smallest absolute Gasteiger partial charge is 0.179 e. The topological polar surface area (TPSA) is 68.1 Å². The summed E-state index contributed by atoms with van der Waals surface area (Å²) in [4.78, 5) is 1.95. The Morgan fingerprint density at radius 3 is 2.51 bits per heavy atom. The molecule has 1 aliphatic rings. The lowest BCUT2D eigenvalue weighted by molar-refractivity contribution is 0.193. The van der Waals surface area contributed by atoms with E-state index in [1.807, 2.05) is 54.9 Å². The molecule has 1 fully saturated rings. The Labute approximate surface area is 207 Å². The van der Waals surface area contributed by atoms with Gasteiger partial charge in [0.05, 0.1) is 16.8 Å². The molecule has 0 aliphatic heterocycles. The number of aryl methyl sites for hydroxylation is 2. The van der Waals surface area contributed by atoms with Crippen molar-refractivity contribution in [1.82, 2.24) is 25.3 Å². The van der Waals surface area contributed by atoms with Gasteiger partial charge < -0.3 is 15.0 Å². The van der Waals surface area contributed by atoms with E-state index >= 15 is 0 Å². The number of para-hydroxylation sites is 2. The van der Waals surface area contributed by atoms with Gasteiger partial charge in [-0.05, 0) is 63.4 Å². The van der Waals surface area contributed by atoms with Crippen molar-refractivity contribution in [3.05, 3.63) is 71.5 Å². The first kappa shape index (κ1) is 23.3. The van der Waals surface area contributed by atoms with E-state index in [2.05, 4.69) is 52.8 Å². The summed E-state index contributed by atoms with van der Waals surface area (Å²) in [7, 11) is 3.93. The van der Waals surface area contributed by atoms with Gasteiger partial charge in [-0.3, -0.25) is 0 Å². The standard InChI is InChI=1S/C28H34N6O/c1-19-26-20(2)34(32-27(26)28(31-30-19)33(3)4)23-12-8-9-13-25(23)35-24(22-10-6-5-7-11-22)16-17-29-18-21-14-15-21/h5-13,21,24,29H,14-18H2,1-4H3. The molecule has 0 saturated heterocycles. The highest BCUT2D eigenvalue weighted by Gasteiger charge is 2.23. The minimum absolute atomic E-state index is 0.0586. The van der Waals surface area contributed by atoms with E-state index in [1.54, 1.807) is 0 Å². The molecule has 7 heteroatoms. The van der Waals surface area contributed by atoms with E-state index in [0.29, 0.717) is 0 Å². The van der Waals surface area contributed by atoms with Crippen molar-refractivity contribution in [3.63, 3.8) is 0 Å². The summed E-state index contributed by atoms with van der Waals surface area (Å²) in [5.74, 6) is 2.43. The van der Waals surface area contributed by atoms with Gasteiger partial charge in [0.1, 0.15) is 23.1 Å². The van der Waals surface area contributed by atoms with Gasteiger partial charge >= 0.3 is 0 Å². The van der Waals surface area contributed by atoms with E-state index in [9.17, 15) is 0 Å². The number of aromatic nitrogens is 4. The van der Waals surface area contributed by atoms with Gasteiger partial charge in [-0.25, -0.2) is 4.68 Å². The molecule has 1 N–H and O–H groups in total. The van der Waals surface area contributed by atoms with Crippen molar-refractivity contribution in [3.8, 4) is 11.4 Å². The van der Waals surface area contributed by atoms with Gasteiger partial charge in [0.15, 0.2) is 5.82 Å². The first-order valence-electron chi connectivity index (χ1n) is 12.4. The van der Waals surface area contributed by atoms with Crippen LogP contribution in [0, 0.1) is 19.8 Å². The Hall–Kier alpha value is -3.45. The van der Waals surface area contributed by atoms with Crippen molar-refractivity contribution in [2.24, 2.45) is 5.92 Å². The molecule has 7 nitrogen and oxygen atoms in total. The van der Waals surface area contributed by atoms with Gasteiger partial charge in [0.25, 0.3) is 0 Å². The van der Waals surface area contributed by atoms with Crippen LogP contribution in [0.25, 0.3) is 16.6 Å². The fourth-order valence-corrected chi connectivity index (χ4v) is 4.56. The summed E-state index contributed by atoms with van der Waals surface area (Å²) in [6.45, 7) is 6.09. The Bertz CT molecular complexity index is 1300. The molecule has 2 aromatic heterocycles. The van der Waals surface area contributed by atoms with Crippen LogP contribution >= 0.6 is 0 Å². The first-order chi connectivity index (χ1) is 17.0. The lowest BCUT2D eigenvalue weighted by atomic mass is 10.1. The molecule has 182 valence electrons. The largest absolute Gasteiger partial charge is 0.483 e. The predicted molar refractivity (Wildman–Crippen MR) is 140 cm³/mol. The van der Waals surface area contributed by atoms with E-state index in [0.717, 1.165) is 65.0 Å². The van der Waals surface area contributed by atoms with Crippen LogP contribution in [-0.2, 0) is 0 Å². The molecule has 35 heavy (non-hydrogen) atoms. The van der Waals surface area contributed by atoms with Crippen LogP contribution in [0.2, 0.25) is 0 Å². The van der Waals surface area contributed by atoms with Crippen LogP contribution in [-0.4, -0.2) is 47.2 Å². The number of benzene rings is 2. The van der Waals surface area contributed by atoms with E-state index in [4.69, 9.17) is 9.84 Å². The highest BCUT2D eigenvalue weighted by atomic mass is 16.5. The summed E-state index contributed by atoms with van der Waals surface area (Å²) in [6, 6.07) is 18.6. The van der Waals surface area contributed by atoms with Crippen LogP contribution in [0.5, 0.6) is 5.75 Å². The molecular formula is C28H34N6O. The van der Waals surface area contributed by atoms with Crippen molar-refractivity contribution in [1.29, 1.82) is 0 Å². The van der Waals surface area contributed by atoms with Gasteiger partial charge in [-0.1, -0.05) is 42.5 Å². The van der Waals surface area contributed by atoms with Gasteiger partial charge in [0, 0.05) is 20.5 Å². The molecule has 2 aromatic carbocycles. The summed E-state index contributed by atoms with van der Waals surface area (Å²) in [5.41, 5.74) is 4.83. The molecule has 1 atom stereocenters. The number of ether oxygens (including phenoxy) is 1. The zero-order valence-corrected chi connectivity index (χ0v) is 21.0. The second kappa shape index (κ2) is 10.0. The fourth-order valence-electron chi connectivity index (χ4n) is 4.56. The third kappa shape index (κ3) is 5.00. The lowest BCUT2D eigenvalue weighted by Gasteiger charge is -2.22. The molecule has 0 bridgehead atoms. The summed E-state index contributed by atoms with van der Waals surface area (Å²) in [6.07, 6.45) is 3.55. The fraction of sp³-hybridized carbons (Fsp3) is 0.393. The SMILES string of the molecule is Cc1nnc(N(C)C)c2nn(-c3ccccc3OC(CCNCC3CC3)c3ccccc3)c(C)c12. The number of fused-ring (bicyclic) bond motifs is 1. The Morgan fingerprint density at radius 2 is 1.77 bits per heavy atom. The Kier molecular flexibility index (Phi) is 6.68. The summed E-state index contributed by atoms with van der Waals surface area (Å²) in [5, 5.41) is 18.4. The highest BCUT2D eigenvalue weighted by Crippen LogP contribution is 2.34. The second-order valence-corrected chi connectivity index (χ2v) is 9.65. The molecule has 4 aromatic rings. The van der Waals surface area contributed by atoms with E-state index < -0.39 is 0 Å². The molecule has 0 radical (unpaired) electrons. The van der Waals surface area contributed by atoms with Crippen LogP contribution in [0.4, 0.5) is 5.82 Å². The monoisotopic (exact) mass is 470 g/mol. The zero-order chi connectivity index (χ0) is 24.4. The normalized spacial score (nSPS) is 14.3. The maximum Gasteiger partial charge on any atom is 0.179 e. The van der Waals surface area contributed by atoms with Crippen molar-refractivity contribution < 1.29 is 4.74 Å². The lowest BCUT2D eigenvalue weighted by Crippen LogP contribution is -2.22. The zero-order valence-electron chi connectivity index (χ0n) is 21.0. The molecule has 1 saturated carbocycles. The van der Waals surface area contributed by atoms with Crippen LogP contribution < -0.4 is 15.0 Å². The number of nitrogens with zero attached hydrogens (tertiary/aromatic N) is 5. The van der Waals surface area contributed by atoms with Gasteiger partial charge in [-0.2, -0.15) is 10.2 Å². The number of hydrogen-bond donors (Lipinski definition) is 1. The second-order valence-electron chi connectivity index (χ2n) is 9.65. The Morgan fingerprint density at radius 1 is 1.03 bits per heavy atom. The molecule has 1 aliphatic carbocycles. The maximum absolute atomic E-state index is 6.73. The maximum atomic E-state index is 6.73. The number of rotatable bonds is 10. The van der Waals surface area contributed by atoms with Crippen molar-refractivity contribution >= 4 is 16.7 Å². The number of nitrogens with one attached hydrogen (secondary N) is 1. The minimum Gasteiger partial charge on any atom is -0.483 e. The van der Waals surface area contributed by atoms with Gasteiger partial charge in [-0.15, -0.1) is 5.10 Å². The van der Waals surface area contributed by atoms with Crippen molar-refractivity contribution in [2.75, 3.05) is 32.1 Å². The average molecular weight is 471 g/mol. The Balaban J connectivity index is 1.49. The van der Waals surface area contributed by atoms with Crippen molar-refractivity contribution in [2.45, 2.75) is 39.2 Å². The predicted octanol–water partition coefficient (Wildman–Crippen LogP) is 5.01. The molecule has 1 unspecified atom stereocenters. The molecule has 0 amide bonds. The van der Waals surface area contributed by atoms with E-state index in [-0.39, 0.29) is 6.10 Å². The number of hydrogen-bond acceptors (Lipinski definition) is 6. The van der Waals surface area contributed by atoms with Crippen LogP contribution in [0.3, 0.4) is 0 Å². The molecule has 2 heterocycles. The van der Waals surface area contributed by atoms with Crippen LogP contribution in [0.15, 0.2) is 54.6 Å². The molecule has 5 rings (SSSR count). The summed E-state index contributed by atoms with van der Waals surface area (Å²) >= 11 is 0. The van der Waals surface area contributed by atoms with Crippen LogP contribution in [0.1, 0.15) is 42.3 Å². The minimum atomic E-state index is -0.0586. The van der Waals surface area contributed by atoms with E-state index in [1.165, 1.54) is 18.4 Å². The average Bonchev–Trinajstić information content (AvgIpc) is 3.63. The third-order valence-corrected chi connectivity index (χ3v) is 6.66. The quantitative estimate of drug-likeness (QED) is 0.329. The first-order valence-corrected chi connectivity index (χ1v) is 12.4. The molecular weight excluding hydrogens is 436 g/mol. The third-order valence-electron chi connectivity index (χ3n) is 6.66. The van der Waals surface area contributed by atoms with Gasteiger partial charge in [0.2, 0.25) is 0 Å². The molecule has 0 spiro atoms.